The van der Waals surface area contributed by atoms with Crippen molar-refractivity contribution < 1.29 is 0 Å². The zero-order chi connectivity index (χ0) is 12.5. The van der Waals surface area contributed by atoms with E-state index >= 15 is 0 Å². The smallest absolute Gasteiger partial charge is 0.137 e. The van der Waals surface area contributed by atoms with E-state index in [9.17, 15) is 0 Å². The van der Waals surface area contributed by atoms with Crippen LogP contribution in [0.5, 0.6) is 0 Å². The molecule has 4 nitrogen and oxygen atoms in total. The van der Waals surface area contributed by atoms with E-state index < -0.39 is 0 Å². The van der Waals surface area contributed by atoms with Gasteiger partial charge >= 0.3 is 0 Å². The van der Waals surface area contributed by atoms with Gasteiger partial charge in [-0.15, -0.1) is 0 Å². The van der Waals surface area contributed by atoms with Gasteiger partial charge in [-0.1, -0.05) is 13.0 Å². The Bertz CT molecular complexity index is 700. The lowest BCUT2D eigenvalue weighted by atomic mass is 10.2. The first-order valence-electron chi connectivity index (χ1n) is 5.97. The fraction of sp³-hybridized carbons (Fsp3) is 0.143. The first-order valence-corrected chi connectivity index (χ1v) is 5.97. The van der Waals surface area contributed by atoms with Gasteiger partial charge in [0.05, 0.1) is 11.4 Å². The number of aryl methyl sites for hydroxylation is 1. The molecule has 3 heterocycles. The zero-order valence-electron chi connectivity index (χ0n) is 10.2. The number of nitrogens with zero attached hydrogens (tertiary/aromatic N) is 3. The van der Waals surface area contributed by atoms with E-state index in [4.69, 9.17) is 5.73 Å². The summed E-state index contributed by atoms with van der Waals surface area (Å²) in [5.41, 5.74) is 9.67. The van der Waals surface area contributed by atoms with Crippen LogP contribution in [0, 0.1) is 0 Å². The van der Waals surface area contributed by atoms with Crippen molar-refractivity contribution in [1.82, 2.24) is 14.4 Å². The molecule has 0 spiro atoms. The summed E-state index contributed by atoms with van der Waals surface area (Å²) in [6.07, 6.45) is 5.02. The van der Waals surface area contributed by atoms with Crippen molar-refractivity contribution in [3.8, 4) is 11.3 Å². The van der Waals surface area contributed by atoms with Gasteiger partial charge in [0, 0.05) is 18.0 Å². The monoisotopic (exact) mass is 238 g/mol. The predicted molar refractivity (Wildman–Crippen MR) is 72.2 cm³/mol. The van der Waals surface area contributed by atoms with Gasteiger partial charge < -0.3 is 10.1 Å². The molecule has 0 aromatic carbocycles. The zero-order valence-corrected chi connectivity index (χ0v) is 10.2. The summed E-state index contributed by atoms with van der Waals surface area (Å²) in [6.45, 7) is 2.10. The summed E-state index contributed by atoms with van der Waals surface area (Å²) in [5, 5.41) is 0. The lowest BCUT2D eigenvalue weighted by Gasteiger charge is -2.02. The third-order valence-corrected chi connectivity index (χ3v) is 2.93. The molecule has 0 aliphatic carbocycles. The normalized spacial score (nSPS) is 10.9. The molecule has 0 saturated heterocycles. The molecule has 3 rings (SSSR count). The van der Waals surface area contributed by atoms with Crippen molar-refractivity contribution in [2.75, 3.05) is 5.73 Å². The fourth-order valence-corrected chi connectivity index (χ4v) is 1.98. The molecule has 0 saturated carbocycles. The molecule has 18 heavy (non-hydrogen) atoms. The van der Waals surface area contributed by atoms with Crippen LogP contribution in [-0.2, 0) is 6.42 Å². The summed E-state index contributed by atoms with van der Waals surface area (Å²) in [4.78, 5) is 8.82. The van der Waals surface area contributed by atoms with Crippen molar-refractivity contribution in [2.24, 2.45) is 0 Å². The highest BCUT2D eigenvalue weighted by molar-refractivity contribution is 5.62. The molecule has 3 aromatic rings. The van der Waals surface area contributed by atoms with Crippen molar-refractivity contribution >= 4 is 11.5 Å². The van der Waals surface area contributed by atoms with Crippen LogP contribution in [0.1, 0.15) is 12.6 Å². The number of hydrogen-bond acceptors (Lipinski definition) is 3. The second-order valence-electron chi connectivity index (χ2n) is 4.22. The molecule has 2 N–H and O–H groups in total. The largest absolute Gasteiger partial charge is 0.384 e. The van der Waals surface area contributed by atoms with Crippen molar-refractivity contribution in [3.05, 3.63) is 48.4 Å². The Morgan fingerprint density at radius 1 is 1.11 bits per heavy atom. The van der Waals surface area contributed by atoms with Crippen LogP contribution in [0.25, 0.3) is 16.9 Å². The molecular formula is C14H14N4. The van der Waals surface area contributed by atoms with Gasteiger partial charge in [0.2, 0.25) is 0 Å². The van der Waals surface area contributed by atoms with E-state index in [2.05, 4.69) is 16.9 Å². The Balaban J connectivity index is 2.12. The molecule has 0 aliphatic rings. The van der Waals surface area contributed by atoms with Crippen LogP contribution in [0.2, 0.25) is 0 Å². The quantitative estimate of drug-likeness (QED) is 0.746. The minimum atomic E-state index is 0.535. The highest BCUT2D eigenvalue weighted by Crippen LogP contribution is 2.19. The van der Waals surface area contributed by atoms with Gasteiger partial charge in [0.25, 0.3) is 0 Å². The summed E-state index contributed by atoms with van der Waals surface area (Å²) >= 11 is 0. The van der Waals surface area contributed by atoms with Crippen molar-refractivity contribution in [1.29, 1.82) is 0 Å². The molecule has 0 aliphatic heterocycles. The van der Waals surface area contributed by atoms with Gasteiger partial charge in [0.15, 0.2) is 0 Å². The number of nitrogen functional groups attached to an aromatic ring is 1. The highest BCUT2D eigenvalue weighted by Gasteiger charge is 2.03. The molecule has 3 aromatic heterocycles. The molecular weight excluding hydrogens is 224 g/mol. The van der Waals surface area contributed by atoms with Gasteiger partial charge in [-0.25, -0.2) is 9.97 Å². The number of pyridine rings is 2. The van der Waals surface area contributed by atoms with Gasteiger partial charge in [-0.3, -0.25) is 0 Å². The maximum Gasteiger partial charge on any atom is 0.137 e. The third kappa shape index (κ3) is 1.82. The van der Waals surface area contributed by atoms with E-state index in [-0.39, 0.29) is 0 Å². The second kappa shape index (κ2) is 4.14. The number of fused-ring (bicyclic) bond motifs is 1. The predicted octanol–water partition coefficient (Wildman–Crippen LogP) is 2.54. The second-order valence-corrected chi connectivity index (χ2v) is 4.22. The average molecular weight is 238 g/mol. The fourth-order valence-electron chi connectivity index (χ4n) is 1.98. The van der Waals surface area contributed by atoms with Crippen LogP contribution < -0.4 is 5.73 Å². The molecule has 0 amide bonds. The number of imidazole rings is 1. The van der Waals surface area contributed by atoms with Crippen LogP contribution >= 0.6 is 0 Å². The maximum atomic E-state index is 5.70. The summed E-state index contributed by atoms with van der Waals surface area (Å²) in [7, 11) is 0. The Morgan fingerprint density at radius 3 is 2.78 bits per heavy atom. The molecule has 90 valence electrons. The average Bonchev–Trinajstić information content (AvgIpc) is 2.80. The third-order valence-electron chi connectivity index (χ3n) is 2.93. The van der Waals surface area contributed by atoms with Crippen LogP contribution in [0.3, 0.4) is 0 Å². The van der Waals surface area contributed by atoms with Crippen molar-refractivity contribution in [2.45, 2.75) is 13.3 Å². The van der Waals surface area contributed by atoms with Gasteiger partial charge in [-0.05, 0) is 30.7 Å². The van der Waals surface area contributed by atoms with Crippen molar-refractivity contribution in [3.63, 3.8) is 0 Å². The van der Waals surface area contributed by atoms with E-state index in [1.165, 1.54) is 0 Å². The molecule has 0 fully saturated rings. The summed E-state index contributed by atoms with van der Waals surface area (Å²) in [6, 6.07) is 9.67. The SMILES string of the molecule is CCc1cn2cc(-c3cccc(N)n3)ccc2n1. The van der Waals surface area contributed by atoms with Gasteiger partial charge in [-0.2, -0.15) is 0 Å². The lowest BCUT2D eigenvalue weighted by molar-refractivity contribution is 1.07. The minimum absolute atomic E-state index is 0.535. The number of aromatic nitrogens is 3. The molecule has 0 atom stereocenters. The summed E-state index contributed by atoms with van der Waals surface area (Å²) < 4.78 is 2.03. The van der Waals surface area contributed by atoms with Crippen LogP contribution in [0.4, 0.5) is 5.82 Å². The van der Waals surface area contributed by atoms with E-state index in [0.29, 0.717) is 5.82 Å². The highest BCUT2D eigenvalue weighted by atomic mass is 15.0. The van der Waals surface area contributed by atoms with E-state index in [1.807, 2.05) is 41.1 Å². The number of rotatable bonds is 2. The standard InChI is InChI=1S/C14H14N4/c1-2-11-9-18-8-10(6-7-14(18)16-11)12-4-3-5-13(15)17-12/h3-9H,2H2,1H3,(H2,15,17). The number of hydrogen-bond donors (Lipinski definition) is 1. The minimum Gasteiger partial charge on any atom is -0.384 e. The first-order chi connectivity index (χ1) is 8.76. The Kier molecular flexibility index (Phi) is 2.48. The topological polar surface area (TPSA) is 56.2 Å². The molecule has 0 radical (unpaired) electrons. The Morgan fingerprint density at radius 2 is 2.00 bits per heavy atom. The lowest BCUT2D eigenvalue weighted by Crippen LogP contribution is -1.92. The number of anilines is 1. The Hall–Kier alpha value is -2.36. The maximum absolute atomic E-state index is 5.70. The van der Waals surface area contributed by atoms with Crippen LogP contribution in [-0.4, -0.2) is 14.4 Å². The van der Waals surface area contributed by atoms with Gasteiger partial charge in [0.1, 0.15) is 11.5 Å². The summed E-state index contributed by atoms with van der Waals surface area (Å²) in [5.74, 6) is 0.535. The molecule has 0 unspecified atom stereocenters. The Labute approximate surface area is 105 Å². The van der Waals surface area contributed by atoms with E-state index in [1.54, 1.807) is 6.07 Å². The number of nitrogens with two attached hydrogens (primary N) is 1. The molecule has 4 heteroatoms. The molecule has 0 bridgehead atoms. The van der Waals surface area contributed by atoms with Crippen LogP contribution in [0.15, 0.2) is 42.7 Å². The van der Waals surface area contributed by atoms with E-state index in [0.717, 1.165) is 29.0 Å². The first kappa shape index (κ1) is 10.8.